The van der Waals surface area contributed by atoms with Gasteiger partial charge in [0.1, 0.15) is 6.04 Å². The first-order valence-electron chi connectivity index (χ1n) is 7.58. The zero-order valence-corrected chi connectivity index (χ0v) is 13.9. The zero-order valence-electron chi connectivity index (χ0n) is 13.1. The van der Waals surface area contributed by atoms with E-state index in [1.54, 1.807) is 18.2 Å². The van der Waals surface area contributed by atoms with Crippen molar-refractivity contribution < 1.29 is 22.7 Å². The van der Waals surface area contributed by atoms with E-state index in [0.29, 0.717) is 30.2 Å². The van der Waals surface area contributed by atoms with Crippen molar-refractivity contribution in [1.29, 1.82) is 0 Å². The van der Waals surface area contributed by atoms with Crippen LogP contribution in [0.2, 0.25) is 0 Å². The molecule has 3 rings (SSSR count). The Kier molecular flexibility index (Phi) is 4.20. The molecule has 8 heteroatoms. The average Bonchev–Trinajstić information content (AvgIpc) is 3.05. The van der Waals surface area contributed by atoms with Crippen molar-refractivity contribution in [2.45, 2.75) is 26.3 Å². The molecular formula is C15H20N2O5S. The Labute approximate surface area is 135 Å². The molecule has 0 unspecified atom stereocenters. The first kappa shape index (κ1) is 16.1. The van der Waals surface area contributed by atoms with E-state index in [9.17, 15) is 13.2 Å². The van der Waals surface area contributed by atoms with Crippen LogP contribution in [0.5, 0.6) is 11.5 Å². The highest BCUT2D eigenvalue weighted by Gasteiger charge is 2.40. The summed E-state index contributed by atoms with van der Waals surface area (Å²) < 4.78 is 36.1. The minimum Gasteiger partial charge on any atom is -0.454 e. The summed E-state index contributed by atoms with van der Waals surface area (Å²) in [5.74, 6) is 0.845. The van der Waals surface area contributed by atoms with Gasteiger partial charge in [-0.15, -0.1) is 0 Å². The van der Waals surface area contributed by atoms with E-state index < -0.39 is 16.1 Å². The Balaban J connectivity index is 1.79. The van der Waals surface area contributed by atoms with Gasteiger partial charge < -0.3 is 14.8 Å². The van der Waals surface area contributed by atoms with Gasteiger partial charge in [0.05, 0.1) is 5.75 Å². The van der Waals surface area contributed by atoms with Crippen molar-refractivity contribution >= 4 is 21.6 Å². The fourth-order valence-electron chi connectivity index (χ4n) is 2.93. The molecule has 23 heavy (non-hydrogen) atoms. The second-order valence-corrected chi connectivity index (χ2v) is 8.07. The normalized spacial score (nSPS) is 20.7. The number of nitrogens with one attached hydrogen (secondary N) is 1. The molecule has 0 saturated carbocycles. The number of anilines is 1. The molecule has 0 spiro atoms. The number of rotatable bonds is 4. The van der Waals surface area contributed by atoms with Crippen molar-refractivity contribution in [2.24, 2.45) is 5.92 Å². The molecule has 1 saturated heterocycles. The van der Waals surface area contributed by atoms with Crippen LogP contribution in [0, 0.1) is 5.92 Å². The molecule has 0 radical (unpaired) electrons. The van der Waals surface area contributed by atoms with Crippen LogP contribution in [0.25, 0.3) is 0 Å². The molecule has 0 aromatic heterocycles. The Hall–Kier alpha value is -1.80. The summed E-state index contributed by atoms with van der Waals surface area (Å²) in [6, 6.07) is 4.39. The predicted octanol–water partition coefficient (Wildman–Crippen LogP) is 1.41. The number of benzene rings is 1. The largest absolute Gasteiger partial charge is 0.454 e. The number of nitrogens with zero attached hydrogens (tertiary/aromatic N) is 1. The van der Waals surface area contributed by atoms with E-state index in [-0.39, 0.29) is 24.4 Å². The zero-order chi connectivity index (χ0) is 16.6. The van der Waals surface area contributed by atoms with Crippen LogP contribution < -0.4 is 14.8 Å². The summed E-state index contributed by atoms with van der Waals surface area (Å²) in [6.07, 6.45) is 0.558. The number of carbonyl (C=O) groups is 1. The van der Waals surface area contributed by atoms with Gasteiger partial charge in [-0.1, -0.05) is 13.8 Å². The molecule has 1 atom stereocenters. The second-order valence-electron chi connectivity index (χ2n) is 6.03. The van der Waals surface area contributed by atoms with Crippen molar-refractivity contribution in [3.8, 4) is 11.5 Å². The topological polar surface area (TPSA) is 84.9 Å². The highest BCUT2D eigenvalue weighted by Crippen LogP contribution is 2.34. The van der Waals surface area contributed by atoms with Crippen LogP contribution in [0.15, 0.2) is 18.2 Å². The van der Waals surface area contributed by atoms with Crippen molar-refractivity contribution in [3.05, 3.63) is 18.2 Å². The summed E-state index contributed by atoms with van der Waals surface area (Å²) in [4.78, 5) is 12.6. The molecule has 1 aromatic carbocycles. The van der Waals surface area contributed by atoms with E-state index in [1.165, 1.54) is 4.31 Å². The molecule has 2 aliphatic heterocycles. The molecule has 2 heterocycles. The molecule has 2 aliphatic rings. The summed E-state index contributed by atoms with van der Waals surface area (Å²) in [5, 5.41) is 2.79. The number of hydrogen-bond donors (Lipinski definition) is 1. The van der Waals surface area contributed by atoms with Crippen LogP contribution in [0.1, 0.15) is 20.3 Å². The molecule has 1 aromatic rings. The Morgan fingerprint density at radius 3 is 2.65 bits per heavy atom. The number of fused-ring (bicyclic) bond motifs is 1. The monoisotopic (exact) mass is 340 g/mol. The molecule has 126 valence electrons. The van der Waals surface area contributed by atoms with Crippen molar-refractivity contribution in [2.75, 3.05) is 24.4 Å². The minimum atomic E-state index is -3.35. The van der Waals surface area contributed by atoms with E-state index in [1.807, 2.05) is 13.8 Å². The van der Waals surface area contributed by atoms with Gasteiger partial charge in [0, 0.05) is 18.3 Å². The second kappa shape index (κ2) is 6.01. The number of carbonyl (C=O) groups excluding carboxylic acids is 1. The fraction of sp³-hybridized carbons (Fsp3) is 0.533. The standard InChI is InChI=1S/C15H20N2O5S/c1-10(2)14(17-6-3-7-23(17,19)20)15(18)16-11-4-5-12-13(8-11)22-9-21-12/h4-5,8,10,14H,3,6-7,9H2,1-2H3,(H,16,18)/t14-/m1/s1. The van der Waals surface area contributed by atoms with Gasteiger partial charge in [-0.05, 0) is 24.5 Å². The van der Waals surface area contributed by atoms with Crippen LogP contribution in [-0.4, -0.2) is 43.8 Å². The molecule has 0 aliphatic carbocycles. The maximum atomic E-state index is 12.6. The van der Waals surface area contributed by atoms with Crippen LogP contribution in [-0.2, 0) is 14.8 Å². The predicted molar refractivity (Wildman–Crippen MR) is 84.9 cm³/mol. The minimum absolute atomic E-state index is 0.105. The lowest BCUT2D eigenvalue weighted by Crippen LogP contribution is -2.48. The summed E-state index contributed by atoms with van der Waals surface area (Å²) in [5.41, 5.74) is 0.557. The summed E-state index contributed by atoms with van der Waals surface area (Å²) in [7, 11) is -3.35. The molecule has 0 bridgehead atoms. The molecule has 1 fully saturated rings. The van der Waals surface area contributed by atoms with Crippen molar-refractivity contribution in [3.63, 3.8) is 0 Å². The lowest BCUT2D eigenvalue weighted by atomic mass is 10.0. The highest BCUT2D eigenvalue weighted by atomic mass is 32.2. The lowest BCUT2D eigenvalue weighted by Gasteiger charge is -2.28. The van der Waals surface area contributed by atoms with Gasteiger partial charge in [-0.25, -0.2) is 8.42 Å². The third-order valence-electron chi connectivity index (χ3n) is 3.99. The SMILES string of the molecule is CC(C)[C@H](C(=O)Nc1ccc2c(c1)OCO2)N1CCCS1(=O)=O. The third-order valence-corrected chi connectivity index (χ3v) is 5.92. The first-order valence-corrected chi connectivity index (χ1v) is 9.19. The van der Waals surface area contributed by atoms with E-state index in [0.717, 1.165) is 0 Å². The van der Waals surface area contributed by atoms with E-state index >= 15 is 0 Å². The summed E-state index contributed by atoms with van der Waals surface area (Å²) in [6.45, 7) is 4.24. The number of ether oxygens (including phenoxy) is 2. The first-order chi connectivity index (χ1) is 10.9. The fourth-order valence-corrected chi connectivity index (χ4v) is 4.75. The van der Waals surface area contributed by atoms with Gasteiger partial charge in [-0.3, -0.25) is 4.79 Å². The molecular weight excluding hydrogens is 320 g/mol. The maximum Gasteiger partial charge on any atom is 0.243 e. The third kappa shape index (κ3) is 3.13. The van der Waals surface area contributed by atoms with Crippen molar-refractivity contribution in [1.82, 2.24) is 4.31 Å². The van der Waals surface area contributed by atoms with Gasteiger partial charge in [0.2, 0.25) is 22.7 Å². The van der Waals surface area contributed by atoms with E-state index in [4.69, 9.17) is 9.47 Å². The van der Waals surface area contributed by atoms with Crippen LogP contribution >= 0.6 is 0 Å². The number of sulfonamides is 1. The summed E-state index contributed by atoms with van der Waals surface area (Å²) >= 11 is 0. The number of amides is 1. The maximum absolute atomic E-state index is 12.6. The average molecular weight is 340 g/mol. The Morgan fingerprint density at radius 1 is 1.26 bits per heavy atom. The highest BCUT2D eigenvalue weighted by molar-refractivity contribution is 7.89. The molecule has 1 N–H and O–H groups in total. The van der Waals surface area contributed by atoms with Gasteiger partial charge >= 0.3 is 0 Å². The number of hydrogen-bond acceptors (Lipinski definition) is 5. The van der Waals surface area contributed by atoms with Gasteiger partial charge in [0.25, 0.3) is 0 Å². The quantitative estimate of drug-likeness (QED) is 0.896. The Morgan fingerprint density at radius 2 is 2.00 bits per heavy atom. The van der Waals surface area contributed by atoms with Gasteiger partial charge in [-0.2, -0.15) is 4.31 Å². The van der Waals surface area contributed by atoms with Crippen LogP contribution in [0.3, 0.4) is 0 Å². The van der Waals surface area contributed by atoms with E-state index in [2.05, 4.69) is 5.32 Å². The Bertz CT molecular complexity index is 717. The van der Waals surface area contributed by atoms with Gasteiger partial charge in [0.15, 0.2) is 11.5 Å². The molecule has 1 amide bonds. The molecule has 7 nitrogen and oxygen atoms in total. The van der Waals surface area contributed by atoms with Crippen LogP contribution in [0.4, 0.5) is 5.69 Å². The smallest absolute Gasteiger partial charge is 0.243 e. The lowest BCUT2D eigenvalue weighted by molar-refractivity contribution is -0.120.